The first kappa shape index (κ1) is 20.5. The monoisotopic (exact) mass is 421 g/mol. The molecule has 0 bridgehead atoms. The molecule has 3 aromatic rings. The van der Waals surface area contributed by atoms with Gasteiger partial charge in [-0.1, -0.05) is 12.1 Å². The van der Waals surface area contributed by atoms with Crippen LogP contribution in [0.5, 0.6) is 5.75 Å². The number of hydrogen-bond donors (Lipinski definition) is 0. The van der Waals surface area contributed by atoms with Crippen LogP contribution in [-0.2, 0) is 6.54 Å². The molecule has 0 saturated carbocycles. The zero-order chi connectivity index (χ0) is 22.0. The van der Waals surface area contributed by atoms with Gasteiger partial charge in [-0.2, -0.15) is 5.10 Å². The third-order valence-electron chi connectivity index (χ3n) is 5.43. The summed E-state index contributed by atoms with van der Waals surface area (Å²) in [6.45, 7) is 4.89. The van der Waals surface area contributed by atoms with Gasteiger partial charge in [0.25, 0.3) is 5.91 Å². The van der Waals surface area contributed by atoms with Crippen LogP contribution in [0.1, 0.15) is 33.7 Å². The minimum atomic E-state index is -0.405. The van der Waals surface area contributed by atoms with Crippen LogP contribution < -0.4 is 4.74 Å². The SMILES string of the molecule is Cc1nn(Cc2ccc(C(=O)N3CCC(Oc4cccnc4)C3)cc2)c(C)c1[N+](=O)[O-]. The van der Waals surface area contributed by atoms with Crippen molar-refractivity contribution in [3.8, 4) is 5.75 Å². The average molecular weight is 421 g/mol. The second kappa shape index (κ2) is 8.55. The smallest absolute Gasteiger partial charge is 0.312 e. The summed E-state index contributed by atoms with van der Waals surface area (Å²) in [7, 11) is 0. The van der Waals surface area contributed by atoms with Crippen molar-refractivity contribution in [3.63, 3.8) is 0 Å². The van der Waals surface area contributed by atoms with Gasteiger partial charge in [0.15, 0.2) is 0 Å². The summed E-state index contributed by atoms with van der Waals surface area (Å²) in [6.07, 6.45) is 4.09. The van der Waals surface area contributed by atoms with Gasteiger partial charge >= 0.3 is 5.69 Å². The number of nitro groups is 1. The van der Waals surface area contributed by atoms with E-state index in [0.717, 1.165) is 12.0 Å². The number of aryl methyl sites for hydroxylation is 1. The zero-order valence-electron chi connectivity index (χ0n) is 17.4. The normalized spacial score (nSPS) is 15.8. The largest absolute Gasteiger partial charge is 0.487 e. The number of carbonyl (C=O) groups is 1. The lowest BCUT2D eigenvalue weighted by Gasteiger charge is -2.17. The minimum Gasteiger partial charge on any atom is -0.487 e. The molecule has 31 heavy (non-hydrogen) atoms. The zero-order valence-corrected chi connectivity index (χ0v) is 17.4. The summed E-state index contributed by atoms with van der Waals surface area (Å²) in [5, 5.41) is 15.4. The van der Waals surface area contributed by atoms with Gasteiger partial charge in [-0.15, -0.1) is 0 Å². The Morgan fingerprint density at radius 1 is 1.26 bits per heavy atom. The number of amides is 1. The van der Waals surface area contributed by atoms with Crippen LogP contribution in [0.25, 0.3) is 0 Å². The molecule has 1 aromatic carbocycles. The molecule has 1 aliphatic rings. The fraction of sp³-hybridized carbons (Fsp3) is 0.318. The fourth-order valence-corrected chi connectivity index (χ4v) is 3.83. The Hall–Kier alpha value is -3.75. The topological polar surface area (TPSA) is 103 Å². The number of aromatic nitrogens is 3. The van der Waals surface area contributed by atoms with Crippen LogP contribution in [0.4, 0.5) is 5.69 Å². The van der Waals surface area contributed by atoms with Crippen molar-refractivity contribution >= 4 is 11.6 Å². The summed E-state index contributed by atoms with van der Waals surface area (Å²) < 4.78 is 7.52. The minimum absolute atomic E-state index is 0.0365. The maximum Gasteiger partial charge on any atom is 0.312 e. The second-order valence-corrected chi connectivity index (χ2v) is 7.60. The van der Waals surface area contributed by atoms with Crippen molar-refractivity contribution in [2.45, 2.75) is 32.9 Å². The molecule has 160 valence electrons. The Kier molecular flexibility index (Phi) is 5.66. The molecule has 1 atom stereocenters. The molecule has 9 nitrogen and oxygen atoms in total. The lowest BCUT2D eigenvalue weighted by atomic mass is 10.1. The molecule has 1 fully saturated rings. The Labute approximate surface area is 179 Å². The van der Waals surface area contributed by atoms with Gasteiger partial charge in [0, 0.05) is 24.7 Å². The van der Waals surface area contributed by atoms with Crippen LogP contribution in [0.15, 0.2) is 48.8 Å². The number of pyridine rings is 1. The van der Waals surface area contributed by atoms with Crippen molar-refractivity contribution in [1.29, 1.82) is 0 Å². The molecule has 0 spiro atoms. The Bertz CT molecular complexity index is 1100. The van der Waals surface area contributed by atoms with E-state index in [1.165, 1.54) is 0 Å². The fourth-order valence-electron chi connectivity index (χ4n) is 3.83. The highest BCUT2D eigenvalue weighted by molar-refractivity contribution is 5.94. The van der Waals surface area contributed by atoms with Crippen molar-refractivity contribution in [1.82, 2.24) is 19.7 Å². The molecule has 4 rings (SSSR count). The molecule has 1 saturated heterocycles. The number of carbonyl (C=O) groups excluding carboxylic acids is 1. The van der Waals surface area contributed by atoms with E-state index in [1.54, 1.807) is 48.0 Å². The standard InChI is InChI=1S/C22H23N5O4/c1-15-21(27(29)30)16(2)26(24-15)13-17-5-7-18(8-6-17)22(28)25-11-9-20(14-25)31-19-4-3-10-23-12-19/h3-8,10,12,20H,9,11,13-14H2,1-2H3. The molecular formula is C22H23N5O4. The van der Waals surface area contributed by atoms with E-state index in [1.807, 2.05) is 24.3 Å². The van der Waals surface area contributed by atoms with Crippen molar-refractivity contribution in [2.75, 3.05) is 13.1 Å². The van der Waals surface area contributed by atoms with Gasteiger partial charge in [0.05, 0.1) is 24.2 Å². The summed E-state index contributed by atoms with van der Waals surface area (Å²) in [5.41, 5.74) is 2.47. The maximum atomic E-state index is 12.9. The third kappa shape index (κ3) is 4.40. The van der Waals surface area contributed by atoms with E-state index >= 15 is 0 Å². The summed E-state index contributed by atoms with van der Waals surface area (Å²) >= 11 is 0. The number of rotatable bonds is 6. The van der Waals surface area contributed by atoms with Crippen molar-refractivity contribution in [2.24, 2.45) is 0 Å². The van der Waals surface area contributed by atoms with Crippen LogP contribution in [0.3, 0.4) is 0 Å². The van der Waals surface area contributed by atoms with Crippen LogP contribution >= 0.6 is 0 Å². The molecule has 0 N–H and O–H groups in total. The van der Waals surface area contributed by atoms with Crippen LogP contribution in [-0.4, -0.2) is 49.7 Å². The molecule has 0 radical (unpaired) electrons. The van der Waals surface area contributed by atoms with Gasteiger partial charge in [-0.3, -0.25) is 24.6 Å². The summed E-state index contributed by atoms with van der Waals surface area (Å²) in [4.78, 5) is 29.5. The van der Waals surface area contributed by atoms with Gasteiger partial charge < -0.3 is 9.64 Å². The van der Waals surface area contributed by atoms with Gasteiger partial charge in [-0.25, -0.2) is 0 Å². The number of likely N-dealkylation sites (tertiary alicyclic amines) is 1. The molecule has 1 unspecified atom stereocenters. The molecule has 9 heteroatoms. The summed E-state index contributed by atoms with van der Waals surface area (Å²) in [6, 6.07) is 11.0. The lowest BCUT2D eigenvalue weighted by molar-refractivity contribution is -0.386. The number of hydrogen-bond acceptors (Lipinski definition) is 6. The second-order valence-electron chi connectivity index (χ2n) is 7.60. The predicted molar refractivity (Wildman–Crippen MR) is 113 cm³/mol. The lowest BCUT2D eigenvalue weighted by Crippen LogP contribution is -2.30. The highest BCUT2D eigenvalue weighted by Crippen LogP contribution is 2.23. The Morgan fingerprint density at radius 3 is 2.68 bits per heavy atom. The molecule has 2 aromatic heterocycles. The molecule has 1 amide bonds. The molecular weight excluding hydrogens is 398 g/mol. The van der Waals surface area contributed by atoms with Gasteiger partial charge in [0.1, 0.15) is 23.2 Å². The highest BCUT2D eigenvalue weighted by atomic mass is 16.6. The van der Waals surface area contributed by atoms with E-state index in [9.17, 15) is 14.9 Å². The highest BCUT2D eigenvalue weighted by Gasteiger charge is 2.28. The van der Waals surface area contributed by atoms with Gasteiger partial charge in [0.2, 0.25) is 0 Å². The third-order valence-corrected chi connectivity index (χ3v) is 5.43. The molecule has 0 aliphatic carbocycles. The Balaban J connectivity index is 1.39. The number of nitrogens with zero attached hydrogens (tertiary/aromatic N) is 5. The predicted octanol–water partition coefficient (Wildman–Crippen LogP) is 3.14. The molecule has 1 aliphatic heterocycles. The summed E-state index contributed by atoms with van der Waals surface area (Å²) in [5.74, 6) is 0.668. The van der Waals surface area contributed by atoms with Gasteiger partial charge in [-0.05, 0) is 43.7 Å². The van der Waals surface area contributed by atoms with E-state index in [2.05, 4.69) is 10.1 Å². The van der Waals surface area contributed by atoms with Crippen molar-refractivity contribution < 1.29 is 14.5 Å². The van der Waals surface area contributed by atoms with E-state index in [4.69, 9.17) is 4.74 Å². The number of benzene rings is 1. The Morgan fingerprint density at radius 2 is 2.03 bits per heavy atom. The van der Waals surface area contributed by atoms with Crippen LogP contribution in [0, 0.1) is 24.0 Å². The maximum absolute atomic E-state index is 12.9. The molecule has 3 heterocycles. The van der Waals surface area contributed by atoms with Crippen LogP contribution in [0.2, 0.25) is 0 Å². The van der Waals surface area contributed by atoms with E-state index in [-0.39, 0.29) is 17.7 Å². The first-order valence-corrected chi connectivity index (χ1v) is 10.1. The average Bonchev–Trinajstić information content (AvgIpc) is 3.33. The van der Waals surface area contributed by atoms with E-state index < -0.39 is 4.92 Å². The first-order chi connectivity index (χ1) is 14.9. The first-order valence-electron chi connectivity index (χ1n) is 10.1. The number of ether oxygens (including phenoxy) is 1. The quantitative estimate of drug-likeness (QED) is 0.447. The van der Waals surface area contributed by atoms with E-state index in [0.29, 0.717) is 42.3 Å². The van der Waals surface area contributed by atoms with Crippen molar-refractivity contribution in [3.05, 3.63) is 81.4 Å².